The van der Waals surface area contributed by atoms with E-state index in [1.807, 2.05) is 0 Å². The normalized spacial score (nSPS) is 21.9. The fourth-order valence-corrected chi connectivity index (χ4v) is 6.10. The maximum atomic E-state index is 13.4. The number of halogens is 3. The number of fused-ring (bicyclic) bond motifs is 1. The summed E-state index contributed by atoms with van der Waals surface area (Å²) in [7, 11) is 0. The van der Waals surface area contributed by atoms with Gasteiger partial charge < -0.3 is 24.6 Å². The average molecular weight is 633 g/mol. The third-order valence-electron chi connectivity index (χ3n) is 7.36. The highest BCUT2D eigenvalue weighted by molar-refractivity contribution is 6.39. The lowest BCUT2D eigenvalue weighted by Gasteiger charge is -2.23. The van der Waals surface area contributed by atoms with Crippen LogP contribution in [0.4, 0.5) is 0 Å². The number of Topliss-reactive ketones (excluding diaryl/α,β-unsaturated/α-hetero) is 1. The highest BCUT2D eigenvalue weighted by atomic mass is 35.5. The van der Waals surface area contributed by atoms with Gasteiger partial charge in [-0.05, 0) is 41.8 Å². The predicted octanol–water partition coefficient (Wildman–Crippen LogP) is 4.79. The Morgan fingerprint density at radius 2 is 1.48 bits per heavy atom. The summed E-state index contributed by atoms with van der Waals surface area (Å²) in [6, 6.07) is 16.0. The molecule has 2 fully saturated rings. The van der Waals surface area contributed by atoms with Crippen LogP contribution >= 0.6 is 34.8 Å². The maximum Gasteiger partial charge on any atom is 0.329 e. The van der Waals surface area contributed by atoms with E-state index in [2.05, 4.69) is 5.32 Å². The van der Waals surface area contributed by atoms with Gasteiger partial charge in [0.2, 0.25) is 0 Å². The number of aryl methyl sites for hydroxylation is 1. The summed E-state index contributed by atoms with van der Waals surface area (Å²) in [5.41, 5.74) is 2.62. The Kier molecular flexibility index (Phi) is 9.52. The summed E-state index contributed by atoms with van der Waals surface area (Å²) < 4.78 is 16.9. The number of rotatable bonds is 9. The molecular weight excluding hydrogens is 605 g/mol. The summed E-state index contributed by atoms with van der Waals surface area (Å²) in [4.78, 5) is 39.6. The van der Waals surface area contributed by atoms with Crippen LogP contribution in [-0.4, -0.2) is 66.4 Å². The van der Waals surface area contributed by atoms with E-state index in [0.29, 0.717) is 11.1 Å². The third-order valence-corrected chi connectivity index (χ3v) is 8.30. The first-order valence-electron chi connectivity index (χ1n) is 13.3. The Morgan fingerprint density at radius 3 is 2.14 bits per heavy atom. The number of amides is 1. The first kappa shape index (κ1) is 30.5. The van der Waals surface area contributed by atoms with E-state index in [4.69, 9.17) is 49.0 Å². The fraction of sp³-hybridized carbons (Fsp3) is 0.323. The van der Waals surface area contributed by atoms with Crippen molar-refractivity contribution in [2.24, 2.45) is 0 Å². The van der Waals surface area contributed by atoms with Gasteiger partial charge in [0, 0.05) is 12.8 Å². The lowest BCUT2D eigenvalue weighted by atomic mass is 9.99. The van der Waals surface area contributed by atoms with Crippen molar-refractivity contribution in [1.29, 1.82) is 0 Å². The third kappa shape index (κ3) is 6.64. The molecule has 220 valence electrons. The molecule has 0 aliphatic carbocycles. The molecule has 0 aromatic heterocycles. The summed E-state index contributed by atoms with van der Waals surface area (Å²) in [6.45, 7) is 1.91. The molecule has 5 rings (SSSR count). The monoisotopic (exact) mass is 631 g/mol. The number of ketones is 1. The quantitative estimate of drug-likeness (QED) is 0.258. The molecular formula is C31H28Cl3NO7. The van der Waals surface area contributed by atoms with E-state index in [9.17, 15) is 19.5 Å². The van der Waals surface area contributed by atoms with Crippen LogP contribution in [0.15, 0.2) is 60.7 Å². The molecule has 8 nitrogen and oxygen atoms in total. The van der Waals surface area contributed by atoms with Crippen LogP contribution < -0.4 is 5.32 Å². The first-order valence-corrected chi connectivity index (χ1v) is 14.5. The van der Waals surface area contributed by atoms with Crippen molar-refractivity contribution in [3.05, 3.63) is 104 Å². The largest absolute Gasteiger partial charge is 0.455 e. The van der Waals surface area contributed by atoms with Gasteiger partial charge in [-0.2, -0.15) is 0 Å². The number of nitrogens with one attached hydrogen (secondary N) is 1. The van der Waals surface area contributed by atoms with E-state index >= 15 is 0 Å². The highest BCUT2D eigenvalue weighted by Gasteiger charge is 2.49. The zero-order valence-electron chi connectivity index (χ0n) is 22.5. The molecule has 0 saturated carbocycles. The lowest BCUT2D eigenvalue weighted by Crippen LogP contribution is -2.46. The number of benzene rings is 3. The van der Waals surface area contributed by atoms with Crippen LogP contribution in [0.5, 0.6) is 0 Å². The highest BCUT2D eigenvalue weighted by Crippen LogP contribution is 2.30. The molecule has 2 saturated heterocycles. The van der Waals surface area contributed by atoms with Crippen molar-refractivity contribution in [2.75, 3.05) is 13.2 Å². The Bertz CT molecular complexity index is 1460. The SMILES string of the molecule is Cc1cccc(Cl)c1C(=O)NC(Cc1ccc(CC(=O)c2c(Cl)cccc2Cl)cc1)C(=O)OC1CO[C@H]2[C@@H]1OC[C@@H]2O. The number of esters is 1. The molecule has 0 bridgehead atoms. The van der Waals surface area contributed by atoms with E-state index in [0.717, 1.165) is 5.56 Å². The molecule has 2 heterocycles. The molecule has 2 aliphatic heterocycles. The van der Waals surface area contributed by atoms with Crippen molar-refractivity contribution in [2.45, 2.75) is 50.2 Å². The zero-order valence-corrected chi connectivity index (χ0v) is 24.8. The number of aliphatic hydroxyl groups is 1. The molecule has 1 amide bonds. The van der Waals surface area contributed by atoms with Gasteiger partial charge in [0.1, 0.15) is 24.4 Å². The van der Waals surface area contributed by atoms with E-state index in [1.165, 1.54) is 0 Å². The molecule has 2 unspecified atom stereocenters. The van der Waals surface area contributed by atoms with Gasteiger partial charge in [0.15, 0.2) is 11.9 Å². The molecule has 2 N–H and O–H groups in total. The Balaban J connectivity index is 1.32. The van der Waals surface area contributed by atoms with Gasteiger partial charge >= 0.3 is 5.97 Å². The summed E-state index contributed by atoms with van der Waals surface area (Å²) >= 11 is 18.7. The van der Waals surface area contributed by atoms with Crippen LogP contribution in [0, 0.1) is 6.92 Å². The summed E-state index contributed by atoms with van der Waals surface area (Å²) in [6.07, 6.45) is -2.51. The summed E-state index contributed by atoms with van der Waals surface area (Å²) in [5, 5.41) is 13.6. The van der Waals surface area contributed by atoms with E-state index in [-0.39, 0.29) is 58.0 Å². The van der Waals surface area contributed by atoms with Gasteiger partial charge in [-0.3, -0.25) is 9.59 Å². The van der Waals surface area contributed by atoms with Crippen LogP contribution in [0.3, 0.4) is 0 Å². The van der Waals surface area contributed by atoms with Crippen LogP contribution in [0.25, 0.3) is 0 Å². The maximum absolute atomic E-state index is 13.4. The molecule has 0 spiro atoms. The molecule has 3 aromatic carbocycles. The van der Waals surface area contributed by atoms with Gasteiger partial charge in [-0.1, -0.05) is 77.3 Å². The van der Waals surface area contributed by atoms with Crippen molar-refractivity contribution in [1.82, 2.24) is 5.32 Å². The second-order valence-electron chi connectivity index (χ2n) is 10.3. The number of carbonyl (C=O) groups is 3. The number of aliphatic hydroxyl groups excluding tert-OH is 1. The Hall–Kier alpha value is -2.98. The minimum Gasteiger partial charge on any atom is -0.455 e. The van der Waals surface area contributed by atoms with Crippen molar-refractivity contribution < 1.29 is 33.7 Å². The molecule has 0 radical (unpaired) electrons. The van der Waals surface area contributed by atoms with Gasteiger partial charge in [-0.25, -0.2) is 4.79 Å². The topological polar surface area (TPSA) is 111 Å². The lowest BCUT2D eigenvalue weighted by molar-refractivity contribution is -0.156. The molecule has 42 heavy (non-hydrogen) atoms. The van der Waals surface area contributed by atoms with Gasteiger partial charge in [0.25, 0.3) is 5.91 Å². The minimum absolute atomic E-state index is 0.0700. The second kappa shape index (κ2) is 13.1. The number of hydrogen-bond acceptors (Lipinski definition) is 7. The van der Waals surface area contributed by atoms with Crippen LogP contribution in [-0.2, 0) is 31.8 Å². The smallest absolute Gasteiger partial charge is 0.329 e. The Labute approximate surface area is 257 Å². The molecule has 2 aliphatic rings. The van der Waals surface area contributed by atoms with Gasteiger partial charge in [0.05, 0.1) is 39.4 Å². The van der Waals surface area contributed by atoms with Crippen molar-refractivity contribution >= 4 is 52.5 Å². The fourth-order valence-electron chi connectivity index (χ4n) is 5.19. The number of hydrogen-bond donors (Lipinski definition) is 2. The minimum atomic E-state index is -1.08. The van der Waals surface area contributed by atoms with E-state index in [1.54, 1.807) is 67.6 Å². The Morgan fingerprint density at radius 1 is 0.881 bits per heavy atom. The predicted molar refractivity (Wildman–Crippen MR) is 157 cm³/mol. The van der Waals surface area contributed by atoms with Crippen molar-refractivity contribution in [3.63, 3.8) is 0 Å². The second-order valence-corrected chi connectivity index (χ2v) is 11.5. The van der Waals surface area contributed by atoms with Crippen LogP contribution in [0.1, 0.15) is 37.4 Å². The summed E-state index contributed by atoms with van der Waals surface area (Å²) in [5.74, 6) is -1.43. The van der Waals surface area contributed by atoms with Crippen molar-refractivity contribution in [3.8, 4) is 0 Å². The standard InChI is InChI=1S/C31H28Cl3NO7/c1-16-4-2-5-19(32)26(16)30(38)35-22(31(39)42-25-15-41-28-24(37)14-40-29(25)28)12-17-8-10-18(11-9-17)13-23(36)27-20(33)6-3-7-21(27)34/h2-11,22,24-25,28-29,37H,12-15H2,1H3,(H,35,38)/t22?,24-,25?,28+,29+/m0/s1. The molecule has 5 atom stereocenters. The zero-order chi connectivity index (χ0) is 30.0. The average Bonchev–Trinajstić information content (AvgIpc) is 3.51. The van der Waals surface area contributed by atoms with Gasteiger partial charge in [-0.15, -0.1) is 0 Å². The number of carbonyl (C=O) groups excluding carboxylic acids is 3. The molecule has 3 aromatic rings. The van der Waals surface area contributed by atoms with Crippen LogP contribution in [0.2, 0.25) is 15.1 Å². The number of ether oxygens (including phenoxy) is 3. The van der Waals surface area contributed by atoms with E-state index < -0.39 is 42.3 Å². The first-order chi connectivity index (χ1) is 20.1. The molecule has 11 heteroatoms.